The van der Waals surface area contributed by atoms with Gasteiger partial charge in [0, 0.05) is 6.42 Å². The predicted octanol–water partition coefficient (Wildman–Crippen LogP) is 2.04. The molecule has 4 aromatic rings. The summed E-state index contributed by atoms with van der Waals surface area (Å²) in [5.41, 5.74) is 6.61. The van der Waals surface area contributed by atoms with Crippen molar-refractivity contribution in [3.8, 4) is 0 Å². The van der Waals surface area contributed by atoms with Gasteiger partial charge in [0.05, 0.1) is 25.6 Å². The maximum absolute atomic E-state index is 12.7. The van der Waals surface area contributed by atoms with Gasteiger partial charge < -0.3 is 35.8 Å². The third kappa shape index (κ3) is 9.46. The highest BCUT2D eigenvalue weighted by Crippen LogP contribution is 2.60. The molecular formula is C29H36N6O12P2. The van der Waals surface area contributed by atoms with Crippen LogP contribution in [0, 0.1) is 0 Å². The number of H-pyrrole nitrogens is 1. The molecule has 1 aliphatic heterocycles. The van der Waals surface area contributed by atoms with E-state index in [2.05, 4.69) is 24.6 Å². The van der Waals surface area contributed by atoms with E-state index in [-0.39, 0.29) is 48.5 Å². The number of phosphoric ester groups is 2. The standard InChI is InChI=1S/C29H36N6O12P2/c30-29-33-26-23(27(39)34-29)31-17-35(26)28-25(38)24(37)20(46-28)16-45-49(42,43)47-48(40,41)44-15-9-3-8-14-21(36)32-22(18-10-4-1-5-11-18)19-12-6-2-7-13-19/h1-2,4-7,10-13,17,20,22,24-25,28,37-38H,3,8-9,14-16H2,(H,32,36)(H,40,41)(H,42,43)(H3,30,33,34,39)/t20-,24-,25-,28-/m1/s1. The first kappa shape index (κ1) is 36.5. The molecule has 0 aliphatic carbocycles. The van der Waals surface area contributed by atoms with Crippen LogP contribution in [0.25, 0.3) is 11.2 Å². The molecule has 6 atom stereocenters. The zero-order valence-corrected chi connectivity index (χ0v) is 27.6. The number of nitrogens with one attached hydrogen (secondary N) is 2. The van der Waals surface area contributed by atoms with E-state index in [0.29, 0.717) is 12.8 Å². The van der Waals surface area contributed by atoms with Crippen LogP contribution >= 0.6 is 15.6 Å². The average molecular weight is 723 g/mol. The smallest absolute Gasteiger partial charge is 0.387 e. The maximum atomic E-state index is 12.7. The third-order valence-electron chi connectivity index (χ3n) is 7.54. The topological polar surface area (TPSA) is 271 Å². The summed E-state index contributed by atoms with van der Waals surface area (Å²) < 4.78 is 45.3. The number of phosphoric acid groups is 2. The number of benzene rings is 2. The number of aliphatic hydroxyl groups is 2. The molecule has 18 nitrogen and oxygen atoms in total. The normalized spacial score (nSPS) is 21.8. The van der Waals surface area contributed by atoms with Crippen LogP contribution in [-0.4, -0.2) is 77.0 Å². The van der Waals surface area contributed by atoms with Gasteiger partial charge in [-0.1, -0.05) is 67.1 Å². The lowest BCUT2D eigenvalue weighted by Gasteiger charge is -2.20. The minimum atomic E-state index is -5.24. The molecule has 2 aromatic heterocycles. The molecule has 0 saturated carbocycles. The van der Waals surface area contributed by atoms with Gasteiger partial charge in [0.25, 0.3) is 5.56 Å². The van der Waals surface area contributed by atoms with Crippen LogP contribution < -0.4 is 16.6 Å². The first-order chi connectivity index (χ1) is 23.3. The number of nitrogens with zero attached hydrogens (tertiary/aromatic N) is 3. The van der Waals surface area contributed by atoms with Crippen molar-refractivity contribution in [1.29, 1.82) is 0 Å². The lowest BCUT2D eigenvalue weighted by atomic mass is 9.98. The second-order valence-electron chi connectivity index (χ2n) is 11.1. The van der Waals surface area contributed by atoms with E-state index < -0.39 is 52.4 Å². The fraction of sp³-hybridized carbons (Fsp3) is 0.379. The number of nitrogen functional groups attached to an aromatic ring is 1. The van der Waals surface area contributed by atoms with E-state index in [4.69, 9.17) is 19.5 Å². The second kappa shape index (κ2) is 15.8. The van der Waals surface area contributed by atoms with E-state index in [0.717, 1.165) is 22.0 Å². The molecule has 2 unspecified atom stereocenters. The van der Waals surface area contributed by atoms with Crippen molar-refractivity contribution in [2.24, 2.45) is 0 Å². The molecule has 1 saturated heterocycles. The highest BCUT2D eigenvalue weighted by Gasteiger charge is 2.46. The van der Waals surface area contributed by atoms with Crippen molar-refractivity contribution in [2.75, 3.05) is 18.9 Å². The van der Waals surface area contributed by atoms with Gasteiger partial charge in [-0.2, -0.15) is 9.29 Å². The van der Waals surface area contributed by atoms with Crippen molar-refractivity contribution in [2.45, 2.75) is 56.3 Å². The third-order valence-corrected chi connectivity index (χ3v) is 10.2. The molecular weight excluding hydrogens is 686 g/mol. The van der Waals surface area contributed by atoms with Gasteiger partial charge in [-0.3, -0.25) is 28.2 Å². The average Bonchev–Trinajstić information content (AvgIpc) is 3.60. The second-order valence-corrected chi connectivity index (χ2v) is 14.1. The van der Waals surface area contributed by atoms with Crippen LogP contribution in [0.4, 0.5) is 5.95 Å². The van der Waals surface area contributed by atoms with Crippen LogP contribution in [-0.2, 0) is 32.0 Å². The Kier molecular flexibility index (Phi) is 11.8. The van der Waals surface area contributed by atoms with Crippen LogP contribution in [0.3, 0.4) is 0 Å². The van der Waals surface area contributed by atoms with Crippen LogP contribution in [0.15, 0.2) is 71.8 Å². The molecule has 3 heterocycles. The summed E-state index contributed by atoms with van der Waals surface area (Å²) in [6, 6.07) is 18.7. The number of rotatable bonds is 16. The minimum absolute atomic E-state index is 0.0587. The fourth-order valence-electron chi connectivity index (χ4n) is 5.20. The lowest BCUT2D eigenvalue weighted by Crippen LogP contribution is -2.33. The quantitative estimate of drug-likeness (QED) is 0.0644. The molecule has 49 heavy (non-hydrogen) atoms. The molecule has 5 rings (SSSR count). The summed E-state index contributed by atoms with van der Waals surface area (Å²) in [7, 11) is -10.3. The van der Waals surface area contributed by atoms with Crippen molar-refractivity contribution >= 4 is 38.7 Å². The Bertz CT molecular complexity index is 1840. The van der Waals surface area contributed by atoms with E-state index in [1.54, 1.807) is 0 Å². The van der Waals surface area contributed by atoms with Crippen molar-refractivity contribution in [3.63, 3.8) is 0 Å². The van der Waals surface area contributed by atoms with E-state index in [9.17, 15) is 38.7 Å². The van der Waals surface area contributed by atoms with Gasteiger partial charge in [-0.15, -0.1) is 0 Å². The number of imidazole rings is 1. The molecule has 1 aliphatic rings. The summed E-state index contributed by atoms with van der Waals surface area (Å²) in [4.78, 5) is 54.9. The van der Waals surface area contributed by atoms with Gasteiger partial charge in [-0.05, 0) is 24.0 Å². The monoisotopic (exact) mass is 722 g/mol. The van der Waals surface area contributed by atoms with Gasteiger partial charge in [0.2, 0.25) is 11.9 Å². The van der Waals surface area contributed by atoms with Crippen molar-refractivity contribution < 1.29 is 52.0 Å². The number of unbranched alkanes of at least 4 members (excludes halogenated alkanes) is 2. The number of aromatic nitrogens is 4. The molecule has 1 fully saturated rings. The maximum Gasteiger partial charge on any atom is 0.481 e. The Labute approximate surface area is 279 Å². The molecule has 0 bridgehead atoms. The summed E-state index contributed by atoms with van der Waals surface area (Å²) in [5, 5.41) is 24.0. The number of carbonyl (C=O) groups is 1. The molecule has 2 aromatic carbocycles. The van der Waals surface area contributed by atoms with Crippen LogP contribution in [0.2, 0.25) is 0 Å². The highest BCUT2D eigenvalue weighted by atomic mass is 31.3. The Hall–Kier alpha value is -3.80. The van der Waals surface area contributed by atoms with Crippen molar-refractivity contribution in [1.82, 2.24) is 24.8 Å². The number of nitrogens with two attached hydrogens (primary N) is 1. The number of hydrogen-bond acceptors (Lipinski definition) is 13. The van der Waals surface area contributed by atoms with Crippen molar-refractivity contribution in [3.05, 3.63) is 88.5 Å². The summed E-state index contributed by atoms with van der Waals surface area (Å²) >= 11 is 0. The number of fused-ring (bicyclic) bond motifs is 1. The molecule has 8 N–H and O–H groups in total. The number of ether oxygens (including phenoxy) is 1. The molecule has 0 spiro atoms. The Morgan fingerprint density at radius 1 is 0.980 bits per heavy atom. The molecule has 264 valence electrons. The van der Waals surface area contributed by atoms with E-state index in [1.165, 1.54) is 0 Å². The zero-order valence-electron chi connectivity index (χ0n) is 25.8. The molecule has 0 radical (unpaired) electrons. The Balaban J connectivity index is 1.04. The van der Waals surface area contributed by atoms with E-state index in [1.807, 2.05) is 60.7 Å². The predicted molar refractivity (Wildman–Crippen MR) is 172 cm³/mol. The summed E-state index contributed by atoms with van der Waals surface area (Å²) in [6.07, 6.45) is -3.65. The van der Waals surface area contributed by atoms with Crippen LogP contribution in [0.5, 0.6) is 0 Å². The molecule has 20 heteroatoms. The number of carbonyl (C=O) groups excluding carboxylic acids is 1. The number of aliphatic hydroxyl groups excluding tert-OH is 2. The summed E-state index contributed by atoms with van der Waals surface area (Å²) in [5.74, 6) is -0.418. The number of aromatic amines is 1. The molecule has 1 amide bonds. The van der Waals surface area contributed by atoms with Gasteiger partial charge in [0.1, 0.15) is 18.3 Å². The SMILES string of the molecule is Nc1nc2c(ncn2[C@@H]2O[C@H](COP(=O)(O)OP(=O)(O)OCCCCCC(=O)NC(c3ccccc3)c3ccccc3)[C@@H](O)[C@H]2O)c(=O)[nH]1. The Morgan fingerprint density at radius 3 is 2.27 bits per heavy atom. The lowest BCUT2D eigenvalue weighted by molar-refractivity contribution is -0.121. The first-order valence-electron chi connectivity index (χ1n) is 15.1. The van der Waals surface area contributed by atoms with Gasteiger partial charge in [0.15, 0.2) is 17.4 Å². The largest absolute Gasteiger partial charge is 0.481 e. The highest BCUT2D eigenvalue weighted by molar-refractivity contribution is 7.61. The van der Waals surface area contributed by atoms with Gasteiger partial charge >= 0.3 is 15.6 Å². The summed E-state index contributed by atoms with van der Waals surface area (Å²) in [6.45, 7) is -1.19. The zero-order chi connectivity index (χ0) is 35.2. The number of anilines is 1. The van der Waals surface area contributed by atoms with Crippen LogP contribution in [0.1, 0.15) is 49.1 Å². The fourth-order valence-corrected chi connectivity index (χ4v) is 7.31. The van der Waals surface area contributed by atoms with Gasteiger partial charge in [-0.25, -0.2) is 14.1 Å². The first-order valence-corrected chi connectivity index (χ1v) is 18.1. The number of hydrogen-bond donors (Lipinski definition) is 7. The number of amides is 1. The minimum Gasteiger partial charge on any atom is -0.387 e. The Morgan fingerprint density at radius 2 is 1.61 bits per heavy atom. The van der Waals surface area contributed by atoms with E-state index >= 15 is 0 Å².